The van der Waals surface area contributed by atoms with E-state index in [1.165, 1.54) is 0 Å². The Morgan fingerprint density at radius 3 is 2.40 bits per heavy atom. The van der Waals surface area contributed by atoms with Gasteiger partial charge in [0.05, 0.1) is 5.69 Å². The summed E-state index contributed by atoms with van der Waals surface area (Å²) in [4.78, 5) is 45.7. The molecule has 1 aliphatic rings. The molecule has 2 rings (SSSR count). The maximum Gasteiger partial charge on any atom is 0.335 e. The Morgan fingerprint density at radius 2 is 1.85 bits per heavy atom. The number of imide groups is 2. The van der Waals surface area contributed by atoms with Gasteiger partial charge < -0.3 is 5.11 Å². The number of aryl methyl sites for hydroxylation is 1. The number of hydrogen-bond donors (Lipinski definition) is 2. The van der Waals surface area contributed by atoms with Gasteiger partial charge in [-0.2, -0.15) is 0 Å². The number of hydrogen-bond acceptors (Lipinski definition) is 4. The van der Waals surface area contributed by atoms with Gasteiger partial charge in [-0.3, -0.25) is 19.7 Å². The molecule has 104 valence electrons. The lowest BCUT2D eigenvalue weighted by molar-refractivity contribution is -0.137. The smallest absolute Gasteiger partial charge is 0.335 e. The molecule has 1 aliphatic heterocycles. The van der Waals surface area contributed by atoms with Crippen LogP contribution in [0.3, 0.4) is 0 Å². The molecule has 0 unspecified atom stereocenters. The zero-order chi connectivity index (χ0) is 14.7. The Labute approximate surface area is 114 Å². The summed E-state index contributed by atoms with van der Waals surface area (Å²) in [6, 6.07) is 5.61. The second-order valence-electron chi connectivity index (χ2n) is 4.32. The highest BCUT2D eigenvalue weighted by atomic mass is 16.4. The predicted molar refractivity (Wildman–Crippen MR) is 68.0 cm³/mol. The summed E-state index contributed by atoms with van der Waals surface area (Å²) in [5, 5.41) is 10.7. The second-order valence-corrected chi connectivity index (χ2v) is 4.32. The molecule has 4 amide bonds. The van der Waals surface area contributed by atoms with Crippen LogP contribution in [0.1, 0.15) is 18.4 Å². The first-order chi connectivity index (χ1) is 9.47. The molecule has 0 bridgehead atoms. The number of nitrogens with one attached hydrogen (secondary N) is 1. The SMILES string of the molecule is O=C(O)CCc1ccc(N2C(=O)CC(=O)NC2=O)cc1. The van der Waals surface area contributed by atoms with Gasteiger partial charge in [-0.15, -0.1) is 0 Å². The Kier molecular flexibility index (Phi) is 3.79. The number of carboxylic acid groups (broad SMARTS) is 1. The molecule has 0 atom stereocenters. The third kappa shape index (κ3) is 3.00. The molecule has 1 aromatic carbocycles. The van der Waals surface area contributed by atoms with Crippen molar-refractivity contribution in [3.8, 4) is 0 Å². The fourth-order valence-corrected chi connectivity index (χ4v) is 1.87. The van der Waals surface area contributed by atoms with E-state index in [2.05, 4.69) is 5.32 Å². The molecule has 1 aromatic rings. The number of carboxylic acids is 1. The molecule has 0 radical (unpaired) electrons. The van der Waals surface area contributed by atoms with E-state index in [4.69, 9.17) is 5.11 Å². The lowest BCUT2D eigenvalue weighted by Crippen LogP contribution is -2.52. The average molecular weight is 276 g/mol. The van der Waals surface area contributed by atoms with Gasteiger partial charge in [-0.05, 0) is 24.1 Å². The molecule has 0 spiro atoms. The molecule has 7 nitrogen and oxygen atoms in total. The number of carbonyl (C=O) groups excluding carboxylic acids is 3. The molecule has 2 N–H and O–H groups in total. The maximum atomic E-state index is 11.7. The zero-order valence-electron chi connectivity index (χ0n) is 10.5. The molecule has 0 aromatic heterocycles. The van der Waals surface area contributed by atoms with Crippen molar-refractivity contribution in [2.24, 2.45) is 0 Å². The number of urea groups is 1. The summed E-state index contributed by atoms with van der Waals surface area (Å²) in [6.07, 6.45) is 0.0116. The number of aliphatic carboxylic acids is 1. The number of anilines is 1. The van der Waals surface area contributed by atoms with Crippen LogP contribution in [-0.2, 0) is 20.8 Å². The van der Waals surface area contributed by atoms with E-state index in [9.17, 15) is 19.2 Å². The molecule has 0 saturated carbocycles. The fourth-order valence-electron chi connectivity index (χ4n) is 1.87. The summed E-state index contributed by atoms with van der Waals surface area (Å²) >= 11 is 0. The van der Waals surface area contributed by atoms with Crippen molar-refractivity contribution < 1.29 is 24.3 Å². The van der Waals surface area contributed by atoms with E-state index in [-0.39, 0.29) is 12.8 Å². The van der Waals surface area contributed by atoms with Gasteiger partial charge in [0.1, 0.15) is 6.42 Å². The number of nitrogens with zero attached hydrogens (tertiary/aromatic N) is 1. The van der Waals surface area contributed by atoms with Gasteiger partial charge in [0.25, 0.3) is 0 Å². The highest BCUT2D eigenvalue weighted by Crippen LogP contribution is 2.19. The van der Waals surface area contributed by atoms with Crippen molar-refractivity contribution in [2.75, 3.05) is 4.90 Å². The van der Waals surface area contributed by atoms with Crippen LogP contribution in [-0.4, -0.2) is 28.9 Å². The highest BCUT2D eigenvalue weighted by Gasteiger charge is 2.31. The standard InChI is InChI=1S/C13H12N2O5/c16-10-7-11(17)15(13(20)14-10)9-4-1-8(2-5-9)3-6-12(18)19/h1-2,4-5H,3,6-7H2,(H,18,19)(H,14,16,20). The van der Waals surface area contributed by atoms with E-state index < -0.39 is 23.8 Å². The third-order valence-corrected chi connectivity index (χ3v) is 2.83. The zero-order valence-corrected chi connectivity index (χ0v) is 10.5. The summed E-state index contributed by atoms with van der Waals surface area (Å²) in [7, 11) is 0. The van der Waals surface area contributed by atoms with Crippen LogP contribution in [0.15, 0.2) is 24.3 Å². The Hall–Kier alpha value is -2.70. The van der Waals surface area contributed by atoms with Gasteiger partial charge in [-0.25, -0.2) is 9.69 Å². The lowest BCUT2D eigenvalue weighted by Gasteiger charge is -2.24. The topological polar surface area (TPSA) is 104 Å². The van der Waals surface area contributed by atoms with Crippen LogP contribution < -0.4 is 10.2 Å². The molecule has 1 saturated heterocycles. The second kappa shape index (κ2) is 5.52. The third-order valence-electron chi connectivity index (χ3n) is 2.83. The van der Waals surface area contributed by atoms with E-state index in [1.807, 2.05) is 0 Å². The lowest BCUT2D eigenvalue weighted by atomic mass is 10.1. The van der Waals surface area contributed by atoms with Crippen LogP contribution in [0.25, 0.3) is 0 Å². The van der Waals surface area contributed by atoms with Gasteiger partial charge in [-0.1, -0.05) is 12.1 Å². The minimum absolute atomic E-state index is 0.0109. The van der Waals surface area contributed by atoms with Gasteiger partial charge in [0.15, 0.2) is 0 Å². The first kappa shape index (κ1) is 13.7. The number of barbiturate groups is 1. The van der Waals surface area contributed by atoms with Crippen molar-refractivity contribution in [3.63, 3.8) is 0 Å². The summed E-state index contributed by atoms with van der Waals surface area (Å²) in [6.45, 7) is 0. The number of carbonyl (C=O) groups is 4. The minimum Gasteiger partial charge on any atom is -0.481 e. The predicted octanol–water partition coefficient (Wildman–Crippen LogP) is 0.677. The summed E-state index contributed by atoms with van der Waals surface area (Å²) in [5.41, 5.74) is 1.14. The van der Waals surface area contributed by atoms with Crippen LogP contribution in [0, 0.1) is 0 Å². The summed E-state index contributed by atoms with van der Waals surface area (Å²) < 4.78 is 0. The quantitative estimate of drug-likeness (QED) is 0.787. The van der Waals surface area contributed by atoms with E-state index in [0.29, 0.717) is 12.1 Å². The van der Waals surface area contributed by atoms with Crippen LogP contribution in [0.4, 0.5) is 10.5 Å². The average Bonchev–Trinajstić information content (AvgIpc) is 2.36. The monoisotopic (exact) mass is 276 g/mol. The first-order valence-corrected chi connectivity index (χ1v) is 5.95. The molecular formula is C13H12N2O5. The van der Waals surface area contributed by atoms with Crippen molar-refractivity contribution in [2.45, 2.75) is 19.3 Å². The molecule has 1 fully saturated rings. The van der Waals surface area contributed by atoms with E-state index >= 15 is 0 Å². The summed E-state index contributed by atoms with van der Waals surface area (Å²) in [5.74, 6) is -2.09. The van der Waals surface area contributed by atoms with Gasteiger partial charge >= 0.3 is 12.0 Å². The van der Waals surface area contributed by atoms with Crippen molar-refractivity contribution >= 4 is 29.5 Å². The molecule has 0 aliphatic carbocycles. The van der Waals surface area contributed by atoms with Crippen molar-refractivity contribution in [3.05, 3.63) is 29.8 Å². The van der Waals surface area contributed by atoms with Crippen LogP contribution in [0.5, 0.6) is 0 Å². The number of benzene rings is 1. The van der Waals surface area contributed by atoms with Crippen molar-refractivity contribution in [1.82, 2.24) is 5.32 Å². The van der Waals surface area contributed by atoms with Crippen LogP contribution >= 0.6 is 0 Å². The first-order valence-electron chi connectivity index (χ1n) is 5.95. The molecule has 1 heterocycles. The normalized spacial score (nSPS) is 15.2. The molecular weight excluding hydrogens is 264 g/mol. The fraction of sp³-hybridized carbons (Fsp3) is 0.231. The van der Waals surface area contributed by atoms with Gasteiger partial charge in [0, 0.05) is 6.42 Å². The largest absolute Gasteiger partial charge is 0.481 e. The van der Waals surface area contributed by atoms with Crippen LogP contribution in [0.2, 0.25) is 0 Å². The Bertz CT molecular complexity index is 559. The number of rotatable bonds is 4. The molecule has 7 heteroatoms. The van der Waals surface area contributed by atoms with Gasteiger partial charge in [0.2, 0.25) is 11.8 Å². The van der Waals surface area contributed by atoms with Crippen molar-refractivity contribution in [1.29, 1.82) is 0 Å². The maximum absolute atomic E-state index is 11.7. The highest BCUT2D eigenvalue weighted by molar-refractivity contribution is 6.26. The molecule has 20 heavy (non-hydrogen) atoms. The Morgan fingerprint density at radius 1 is 1.20 bits per heavy atom. The Balaban J connectivity index is 2.13. The minimum atomic E-state index is -0.891. The number of amides is 4. The van der Waals surface area contributed by atoms with E-state index in [0.717, 1.165) is 10.5 Å². The van der Waals surface area contributed by atoms with E-state index in [1.54, 1.807) is 24.3 Å².